The summed E-state index contributed by atoms with van der Waals surface area (Å²) in [7, 11) is 5.46. The van der Waals surface area contributed by atoms with E-state index in [9.17, 15) is 4.79 Å². The number of nitrogens with two attached hydrogens (primary N) is 1. The first-order chi connectivity index (χ1) is 21.3. The van der Waals surface area contributed by atoms with Crippen LogP contribution in [0, 0.1) is 6.92 Å². The molecule has 4 N–H and O–H groups in total. The van der Waals surface area contributed by atoms with Crippen LogP contribution < -0.4 is 30.7 Å². The standard InChI is InChI=1S/C33H46N8O3/c1-6-27-32(35-21-23-7-9-26(43-4)20-29(23)44-5)38-33(30(37-27)31(34)42)36-24-8-10-28(22(2)19-24)41-13-11-25(12-14-41)40-17-15-39(3)16-18-40/h7-10,19-20,25H,6,11-18,21H2,1-5H3,(H2,34,42)(H2,35,36,38). The summed E-state index contributed by atoms with van der Waals surface area (Å²) in [6, 6.07) is 12.6. The Bertz CT molecular complexity index is 1450. The second-order valence-electron chi connectivity index (χ2n) is 11.6. The number of aryl methyl sites for hydroxylation is 2. The van der Waals surface area contributed by atoms with Gasteiger partial charge in [0.2, 0.25) is 0 Å². The van der Waals surface area contributed by atoms with Crippen LogP contribution in [0.5, 0.6) is 11.5 Å². The predicted molar refractivity (Wildman–Crippen MR) is 176 cm³/mol. The summed E-state index contributed by atoms with van der Waals surface area (Å²) < 4.78 is 10.9. The molecular weight excluding hydrogens is 556 g/mol. The monoisotopic (exact) mass is 602 g/mol. The summed E-state index contributed by atoms with van der Waals surface area (Å²) >= 11 is 0. The SMILES string of the molecule is CCc1nc(C(N)=O)c(Nc2ccc(N3CCC(N4CCN(C)CC4)CC3)c(C)c2)nc1NCc1ccc(OC)cc1OC. The van der Waals surface area contributed by atoms with Gasteiger partial charge < -0.3 is 35.6 Å². The summed E-state index contributed by atoms with van der Waals surface area (Å²) in [6.07, 6.45) is 2.94. The fraction of sp³-hybridized carbons (Fsp3) is 0.485. The number of amides is 1. The molecule has 2 saturated heterocycles. The fourth-order valence-electron chi connectivity index (χ4n) is 6.18. The highest BCUT2D eigenvalue weighted by Gasteiger charge is 2.27. The number of primary amides is 1. The first-order valence-electron chi connectivity index (χ1n) is 15.5. The van der Waals surface area contributed by atoms with E-state index in [0.29, 0.717) is 47.8 Å². The highest BCUT2D eigenvalue weighted by Crippen LogP contribution is 2.31. The number of piperazine rings is 1. The Morgan fingerprint density at radius 2 is 1.73 bits per heavy atom. The third kappa shape index (κ3) is 7.16. The van der Waals surface area contributed by atoms with Crippen molar-refractivity contribution in [1.82, 2.24) is 19.8 Å². The lowest BCUT2D eigenvalue weighted by Gasteiger charge is -2.43. The maximum Gasteiger partial charge on any atom is 0.271 e. The molecule has 1 aromatic heterocycles. The van der Waals surface area contributed by atoms with E-state index < -0.39 is 5.91 Å². The van der Waals surface area contributed by atoms with E-state index in [2.05, 4.69) is 56.4 Å². The second kappa shape index (κ2) is 14.1. The quantitative estimate of drug-likeness (QED) is 0.297. The summed E-state index contributed by atoms with van der Waals surface area (Å²) in [4.78, 5) is 29.4. The fourth-order valence-corrected chi connectivity index (χ4v) is 6.18. The largest absolute Gasteiger partial charge is 0.497 e. The average Bonchev–Trinajstić information content (AvgIpc) is 3.04. The van der Waals surface area contributed by atoms with Crippen molar-refractivity contribution in [2.24, 2.45) is 5.73 Å². The minimum absolute atomic E-state index is 0.113. The van der Waals surface area contributed by atoms with Crippen LogP contribution in [0.4, 0.5) is 23.0 Å². The van der Waals surface area contributed by atoms with Gasteiger partial charge in [0.1, 0.15) is 11.5 Å². The zero-order valence-corrected chi connectivity index (χ0v) is 26.7. The van der Waals surface area contributed by atoms with E-state index in [4.69, 9.17) is 20.2 Å². The summed E-state index contributed by atoms with van der Waals surface area (Å²) in [5.41, 5.74) is 10.7. The number of hydrogen-bond acceptors (Lipinski definition) is 10. The van der Waals surface area contributed by atoms with Gasteiger partial charge >= 0.3 is 0 Å². The van der Waals surface area contributed by atoms with E-state index in [-0.39, 0.29) is 5.69 Å². The van der Waals surface area contributed by atoms with Crippen molar-refractivity contribution in [1.29, 1.82) is 0 Å². The predicted octanol–water partition coefficient (Wildman–Crippen LogP) is 4.04. The molecule has 5 rings (SSSR count). The molecule has 2 aromatic carbocycles. The number of anilines is 4. The molecule has 11 heteroatoms. The van der Waals surface area contributed by atoms with Crippen molar-refractivity contribution in [3.05, 3.63) is 58.9 Å². The van der Waals surface area contributed by atoms with Crippen molar-refractivity contribution < 1.29 is 14.3 Å². The second-order valence-corrected chi connectivity index (χ2v) is 11.6. The molecule has 0 unspecified atom stereocenters. The van der Waals surface area contributed by atoms with Gasteiger partial charge in [-0.3, -0.25) is 9.69 Å². The van der Waals surface area contributed by atoms with Crippen LogP contribution in [0.2, 0.25) is 0 Å². The van der Waals surface area contributed by atoms with E-state index in [1.54, 1.807) is 14.2 Å². The summed E-state index contributed by atoms with van der Waals surface area (Å²) in [5, 5.41) is 6.70. The molecule has 3 heterocycles. The normalized spacial score (nSPS) is 16.5. The average molecular weight is 603 g/mol. The molecule has 236 valence electrons. The minimum Gasteiger partial charge on any atom is -0.497 e. The maximum absolute atomic E-state index is 12.4. The Hall–Kier alpha value is -4.09. The number of likely N-dealkylation sites (N-methyl/N-ethyl adjacent to an activating group) is 1. The van der Waals surface area contributed by atoms with Gasteiger partial charge in [0, 0.05) is 74.9 Å². The highest BCUT2D eigenvalue weighted by molar-refractivity contribution is 5.96. The summed E-state index contributed by atoms with van der Waals surface area (Å²) in [6.45, 7) is 11.3. The van der Waals surface area contributed by atoms with Crippen LogP contribution >= 0.6 is 0 Å². The number of aromatic nitrogens is 2. The molecule has 11 nitrogen and oxygen atoms in total. The van der Waals surface area contributed by atoms with Crippen molar-refractivity contribution in [2.45, 2.75) is 45.7 Å². The molecule has 2 aliphatic rings. The van der Waals surface area contributed by atoms with Gasteiger partial charge in [-0.1, -0.05) is 6.92 Å². The lowest BCUT2D eigenvalue weighted by Crippen LogP contribution is -2.52. The Morgan fingerprint density at radius 3 is 2.36 bits per heavy atom. The number of carbonyl (C=O) groups excluding carboxylic acids is 1. The molecular formula is C33H46N8O3. The van der Waals surface area contributed by atoms with Crippen molar-refractivity contribution in [2.75, 3.05) is 76.1 Å². The maximum atomic E-state index is 12.4. The third-order valence-electron chi connectivity index (χ3n) is 8.80. The number of rotatable bonds is 11. The van der Waals surface area contributed by atoms with Crippen LogP contribution in [-0.2, 0) is 13.0 Å². The Balaban J connectivity index is 1.30. The molecule has 0 saturated carbocycles. The molecule has 0 atom stereocenters. The van der Waals surface area contributed by atoms with Crippen LogP contribution in [0.3, 0.4) is 0 Å². The molecule has 0 bridgehead atoms. The van der Waals surface area contributed by atoms with Gasteiger partial charge in [-0.05, 0) is 69.1 Å². The zero-order chi connectivity index (χ0) is 31.2. The Kier molecular flexibility index (Phi) is 10.1. The third-order valence-corrected chi connectivity index (χ3v) is 8.80. The van der Waals surface area contributed by atoms with E-state index in [1.807, 2.05) is 31.2 Å². The van der Waals surface area contributed by atoms with E-state index >= 15 is 0 Å². The number of methoxy groups -OCH3 is 2. The van der Waals surface area contributed by atoms with Crippen LogP contribution in [-0.4, -0.2) is 92.3 Å². The molecule has 0 radical (unpaired) electrons. The van der Waals surface area contributed by atoms with Crippen LogP contribution in [0.15, 0.2) is 36.4 Å². The lowest BCUT2D eigenvalue weighted by molar-refractivity contribution is 0.0982. The molecule has 2 fully saturated rings. The number of carbonyl (C=O) groups is 1. The number of ether oxygens (including phenoxy) is 2. The minimum atomic E-state index is -0.630. The van der Waals surface area contributed by atoms with Gasteiger partial charge in [0.05, 0.1) is 19.9 Å². The van der Waals surface area contributed by atoms with Gasteiger partial charge in [0.25, 0.3) is 5.91 Å². The smallest absolute Gasteiger partial charge is 0.271 e. The zero-order valence-electron chi connectivity index (χ0n) is 26.7. The Labute approximate surface area is 260 Å². The first kappa shape index (κ1) is 31.3. The van der Waals surface area contributed by atoms with Crippen molar-refractivity contribution >= 4 is 28.9 Å². The number of piperidine rings is 1. The molecule has 44 heavy (non-hydrogen) atoms. The highest BCUT2D eigenvalue weighted by atomic mass is 16.5. The van der Waals surface area contributed by atoms with Crippen LogP contribution in [0.25, 0.3) is 0 Å². The van der Waals surface area contributed by atoms with E-state index in [1.165, 1.54) is 31.6 Å². The van der Waals surface area contributed by atoms with Gasteiger partial charge in [-0.2, -0.15) is 0 Å². The van der Waals surface area contributed by atoms with Crippen molar-refractivity contribution in [3.8, 4) is 11.5 Å². The number of nitrogens with one attached hydrogen (secondary N) is 2. The first-order valence-corrected chi connectivity index (χ1v) is 15.5. The molecule has 1 amide bonds. The van der Waals surface area contributed by atoms with Crippen LogP contribution in [0.1, 0.15) is 47.1 Å². The lowest BCUT2D eigenvalue weighted by atomic mass is 10.0. The molecule has 3 aromatic rings. The van der Waals surface area contributed by atoms with Gasteiger partial charge in [-0.15, -0.1) is 0 Å². The van der Waals surface area contributed by atoms with Gasteiger partial charge in [-0.25, -0.2) is 9.97 Å². The molecule has 0 spiro atoms. The molecule has 2 aliphatic heterocycles. The Morgan fingerprint density at radius 1 is 0.977 bits per heavy atom. The van der Waals surface area contributed by atoms with Gasteiger partial charge in [0.15, 0.2) is 17.3 Å². The van der Waals surface area contributed by atoms with E-state index in [0.717, 1.165) is 43.0 Å². The van der Waals surface area contributed by atoms with Crippen molar-refractivity contribution in [3.63, 3.8) is 0 Å². The number of benzene rings is 2. The number of hydrogen-bond donors (Lipinski definition) is 3. The topological polar surface area (TPSA) is 121 Å². The number of nitrogens with zero attached hydrogens (tertiary/aromatic N) is 5. The molecule has 0 aliphatic carbocycles. The summed E-state index contributed by atoms with van der Waals surface area (Å²) in [5.74, 6) is 1.69.